The van der Waals surface area contributed by atoms with E-state index in [4.69, 9.17) is 4.63 Å². The van der Waals surface area contributed by atoms with E-state index in [1.54, 1.807) is 24.3 Å². The largest absolute Gasteiger partial charge is 0.315 e. The molecule has 6 rings (SSSR count). The van der Waals surface area contributed by atoms with E-state index in [1.807, 2.05) is 0 Å². The molecule has 0 bridgehead atoms. The zero-order valence-electron chi connectivity index (χ0n) is 16.2. The van der Waals surface area contributed by atoms with Crippen molar-refractivity contribution in [2.24, 2.45) is 3.77 Å². The number of sulfonamides is 1. The summed E-state index contributed by atoms with van der Waals surface area (Å²) in [7, 11) is -7.73. The summed E-state index contributed by atoms with van der Waals surface area (Å²) >= 11 is 0. The Labute approximate surface area is 181 Å². The van der Waals surface area contributed by atoms with Gasteiger partial charge < -0.3 is 5.32 Å². The molecule has 13 nitrogen and oxygen atoms in total. The number of aromatic nitrogens is 6. The van der Waals surface area contributed by atoms with Crippen LogP contribution in [0.3, 0.4) is 0 Å². The lowest BCUT2D eigenvalue weighted by Gasteiger charge is -2.15. The number of hydrogen-bond donors (Lipinski definition) is 3. The lowest BCUT2D eigenvalue weighted by Crippen LogP contribution is -2.35. The molecular formula is C17H15N9O4S2. The molecule has 0 amide bonds. The van der Waals surface area contributed by atoms with Gasteiger partial charge >= 0.3 is 0 Å². The highest BCUT2D eigenvalue weighted by Crippen LogP contribution is 2.44. The summed E-state index contributed by atoms with van der Waals surface area (Å²) in [4.78, 5) is -0.147. The fraction of sp³-hybridized carbons (Fsp3) is 0.235. The van der Waals surface area contributed by atoms with Gasteiger partial charge in [-0.3, -0.25) is 0 Å². The fourth-order valence-corrected chi connectivity index (χ4v) is 8.78. The lowest BCUT2D eigenvalue weighted by atomic mass is 9.98. The summed E-state index contributed by atoms with van der Waals surface area (Å²) in [5.41, 5.74) is 2.05. The van der Waals surface area contributed by atoms with Gasteiger partial charge in [0, 0.05) is 18.2 Å². The fourth-order valence-electron chi connectivity index (χ4n) is 4.06. The Morgan fingerprint density at radius 3 is 2.78 bits per heavy atom. The Morgan fingerprint density at radius 2 is 2.00 bits per heavy atom. The Kier molecular flexibility index (Phi) is 4.16. The highest BCUT2D eigenvalue weighted by Gasteiger charge is 2.40. The molecule has 2 atom stereocenters. The van der Waals surface area contributed by atoms with Gasteiger partial charge in [0.2, 0.25) is 5.82 Å². The molecule has 1 saturated heterocycles. The third kappa shape index (κ3) is 2.85. The van der Waals surface area contributed by atoms with E-state index >= 15 is 0 Å². The Balaban J connectivity index is 1.65. The Bertz CT molecular complexity index is 1580. The minimum Gasteiger partial charge on any atom is -0.315 e. The maximum absolute atomic E-state index is 13.7. The molecular weight excluding hydrogens is 458 g/mol. The number of nitrogens with zero attached hydrogens (tertiary/aromatic N) is 6. The first-order valence-corrected chi connectivity index (χ1v) is 12.6. The maximum atomic E-state index is 13.7. The van der Waals surface area contributed by atoms with Crippen molar-refractivity contribution in [3.8, 4) is 22.5 Å². The van der Waals surface area contributed by atoms with Gasteiger partial charge in [-0.1, -0.05) is 22.0 Å². The minimum absolute atomic E-state index is 0.0234. The molecule has 1 fully saturated rings. The van der Waals surface area contributed by atoms with Gasteiger partial charge in [-0.2, -0.15) is 13.6 Å². The van der Waals surface area contributed by atoms with Crippen molar-refractivity contribution in [3.05, 3.63) is 30.3 Å². The van der Waals surface area contributed by atoms with Crippen LogP contribution in [0.4, 0.5) is 0 Å². The van der Waals surface area contributed by atoms with Gasteiger partial charge in [-0.05, 0) is 46.2 Å². The van der Waals surface area contributed by atoms with Crippen molar-refractivity contribution < 1.29 is 17.3 Å². The lowest BCUT2D eigenvalue weighted by molar-refractivity contribution is 0.315. The van der Waals surface area contributed by atoms with Crippen molar-refractivity contribution >= 4 is 31.0 Å². The van der Waals surface area contributed by atoms with Gasteiger partial charge in [0.25, 0.3) is 10.0 Å². The van der Waals surface area contributed by atoms with Crippen LogP contribution >= 0.6 is 0 Å². The van der Waals surface area contributed by atoms with Gasteiger partial charge in [0.1, 0.15) is 15.9 Å². The average molecular weight is 474 g/mol. The number of nitrogens with one attached hydrogen (secondary N) is 3. The molecule has 0 aliphatic carbocycles. The molecule has 4 heterocycles. The second-order valence-corrected chi connectivity index (χ2v) is 11.1. The molecule has 4 aromatic rings. The molecule has 1 unspecified atom stereocenters. The molecule has 15 heteroatoms. The molecule has 0 saturated carbocycles. The van der Waals surface area contributed by atoms with Gasteiger partial charge in [-0.15, -0.1) is 10.2 Å². The van der Waals surface area contributed by atoms with Crippen molar-refractivity contribution in [1.82, 2.24) is 41.0 Å². The number of fused-ring (bicyclic) bond motifs is 2. The van der Waals surface area contributed by atoms with Gasteiger partial charge in [0.05, 0.1) is 10.5 Å². The first-order valence-electron chi connectivity index (χ1n) is 9.60. The SMILES string of the molecule is O=S1(=O)N=S(=O)(N[C@@H]2CCNC2)c2ccc(-c3cccc4nonc34)c(-c3nn[nH]n3)c21. The number of benzene rings is 2. The van der Waals surface area contributed by atoms with E-state index in [0.29, 0.717) is 35.1 Å². The van der Waals surface area contributed by atoms with Crippen LogP contribution in [0.1, 0.15) is 6.42 Å². The van der Waals surface area contributed by atoms with Crippen LogP contribution in [0, 0.1) is 0 Å². The summed E-state index contributed by atoms with van der Waals surface area (Å²) in [6.45, 7) is 1.31. The number of aromatic amines is 1. The molecule has 2 aliphatic rings. The van der Waals surface area contributed by atoms with Crippen molar-refractivity contribution in [1.29, 1.82) is 0 Å². The van der Waals surface area contributed by atoms with Crippen LogP contribution in [0.2, 0.25) is 0 Å². The number of rotatable bonds is 4. The van der Waals surface area contributed by atoms with E-state index in [1.165, 1.54) is 6.07 Å². The van der Waals surface area contributed by atoms with Crippen LogP contribution in [0.15, 0.2) is 48.5 Å². The third-order valence-electron chi connectivity index (χ3n) is 5.41. The summed E-state index contributed by atoms with van der Waals surface area (Å²) in [6, 6.07) is 8.19. The van der Waals surface area contributed by atoms with Gasteiger partial charge in [-0.25, -0.2) is 13.6 Å². The minimum atomic E-state index is -4.30. The van der Waals surface area contributed by atoms with Crippen LogP contribution in [-0.4, -0.2) is 62.7 Å². The third-order valence-corrected chi connectivity index (χ3v) is 9.70. The van der Waals surface area contributed by atoms with Crippen LogP contribution < -0.4 is 10.0 Å². The molecule has 164 valence electrons. The van der Waals surface area contributed by atoms with Crippen LogP contribution in [-0.2, 0) is 19.9 Å². The first kappa shape index (κ1) is 19.4. The van der Waals surface area contributed by atoms with Crippen molar-refractivity contribution in [2.45, 2.75) is 22.3 Å². The van der Waals surface area contributed by atoms with Crippen molar-refractivity contribution in [2.75, 3.05) is 13.1 Å². The molecule has 2 aromatic heterocycles. The highest BCUT2D eigenvalue weighted by atomic mass is 32.3. The first-order chi connectivity index (χ1) is 15.5. The zero-order chi connectivity index (χ0) is 21.9. The monoisotopic (exact) mass is 473 g/mol. The molecule has 32 heavy (non-hydrogen) atoms. The Hall–Kier alpha value is -3.27. The highest BCUT2D eigenvalue weighted by molar-refractivity contribution is 8.05. The van der Waals surface area contributed by atoms with Crippen LogP contribution in [0.5, 0.6) is 0 Å². The average Bonchev–Trinajstić information content (AvgIpc) is 3.55. The smallest absolute Gasteiger partial charge is 0.293 e. The summed E-state index contributed by atoms with van der Waals surface area (Å²) in [5.74, 6) is 0.0234. The second-order valence-electron chi connectivity index (χ2n) is 7.37. The van der Waals surface area contributed by atoms with Gasteiger partial charge in [0.15, 0.2) is 9.92 Å². The number of H-pyrrole nitrogens is 1. The van der Waals surface area contributed by atoms with E-state index in [9.17, 15) is 12.6 Å². The van der Waals surface area contributed by atoms with E-state index < -0.39 is 19.9 Å². The Morgan fingerprint density at radius 1 is 1.09 bits per heavy atom. The van der Waals surface area contributed by atoms with Crippen LogP contribution in [0.25, 0.3) is 33.5 Å². The topological polar surface area (TPSA) is 181 Å². The molecule has 0 radical (unpaired) electrons. The molecule has 2 aliphatic heterocycles. The number of hydrogen-bond acceptors (Lipinski definition) is 10. The van der Waals surface area contributed by atoms with E-state index in [2.05, 4.69) is 44.7 Å². The predicted molar refractivity (Wildman–Crippen MR) is 111 cm³/mol. The summed E-state index contributed by atoms with van der Waals surface area (Å²) in [5, 5.41) is 24.9. The summed E-state index contributed by atoms with van der Waals surface area (Å²) in [6.07, 6.45) is 0.707. The zero-order valence-corrected chi connectivity index (χ0v) is 17.9. The summed E-state index contributed by atoms with van der Waals surface area (Å²) < 4.78 is 51.7. The molecule has 2 aromatic carbocycles. The van der Waals surface area contributed by atoms with E-state index in [-0.39, 0.29) is 27.2 Å². The normalized spacial score (nSPS) is 23.9. The molecule has 3 N–H and O–H groups in total. The second kappa shape index (κ2) is 6.86. The van der Waals surface area contributed by atoms with E-state index in [0.717, 1.165) is 6.54 Å². The molecule has 0 spiro atoms. The standard InChI is InChI=1S/C17H15N9O4S2/c27-31(23-9-6-7-18-8-9)13-5-4-10(11-2-1-3-12-15(11)22-30-21-12)14(17-19-24-25-20-17)16(13)32(28,29)26-31/h1-5,9,18H,6-8H2,(H,23,26,27)(H,19,20,24,25)/t9-,31?/m1/s1. The quantitative estimate of drug-likeness (QED) is 0.377. The van der Waals surface area contributed by atoms with Crippen molar-refractivity contribution in [3.63, 3.8) is 0 Å². The maximum Gasteiger partial charge on any atom is 0.293 e. The number of tetrazole rings is 1. The predicted octanol–water partition coefficient (Wildman–Crippen LogP) is 0.466.